The number of aromatic nitrogens is 2. The lowest BCUT2D eigenvalue weighted by molar-refractivity contribution is 0.489. The van der Waals surface area contributed by atoms with Crippen LogP contribution >= 0.6 is 0 Å². The highest BCUT2D eigenvalue weighted by Crippen LogP contribution is 2.14. The van der Waals surface area contributed by atoms with Crippen LogP contribution in [0.2, 0.25) is 0 Å². The summed E-state index contributed by atoms with van der Waals surface area (Å²) in [6.45, 7) is 5.37. The van der Waals surface area contributed by atoms with Crippen LogP contribution in [0.15, 0.2) is 12.4 Å². The van der Waals surface area contributed by atoms with Gasteiger partial charge in [0.2, 0.25) is 5.95 Å². The summed E-state index contributed by atoms with van der Waals surface area (Å²) in [5, 5.41) is 3.37. The zero-order valence-corrected chi connectivity index (χ0v) is 8.20. The van der Waals surface area contributed by atoms with Crippen LogP contribution in [0, 0.1) is 0 Å². The number of imidazole rings is 1. The Hall–Kier alpha value is -1.03. The molecule has 1 aromatic rings. The predicted octanol–water partition coefficient (Wildman–Crippen LogP) is 0.218. The molecular weight excluding hydrogens is 164 g/mol. The van der Waals surface area contributed by atoms with Crippen LogP contribution < -0.4 is 10.2 Å². The molecule has 1 aliphatic rings. The van der Waals surface area contributed by atoms with Crippen molar-refractivity contribution >= 4 is 5.95 Å². The quantitative estimate of drug-likeness (QED) is 0.671. The molecule has 2 heterocycles. The van der Waals surface area contributed by atoms with Crippen molar-refractivity contribution < 1.29 is 0 Å². The van der Waals surface area contributed by atoms with E-state index in [-0.39, 0.29) is 0 Å². The van der Waals surface area contributed by atoms with Crippen LogP contribution in [0.3, 0.4) is 0 Å². The third-order valence-corrected chi connectivity index (χ3v) is 2.55. The fraction of sp³-hybridized carbons (Fsp3) is 0.667. The predicted molar refractivity (Wildman–Crippen MR) is 52.9 cm³/mol. The molecule has 4 heteroatoms. The van der Waals surface area contributed by atoms with Gasteiger partial charge in [-0.2, -0.15) is 0 Å². The normalized spacial score (nSPS) is 23.5. The Labute approximate surface area is 78.6 Å². The van der Waals surface area contributed by atoms with Gasteiger partial charge >= 0.3 is 0 Å². The van der Waals surface area contributed by atoms with Crippen molar-refractivity contribution in [1.29, 1.82) is 0 Å². The van der Waals surface area contributed by atoms with Crippen LogP contribution in [0.1, 0.15) is 6.92 Å². The van der Waals surface area contributed by atoms with Crippen molar-refractivity contribution in [1.82, 2.24) is 14.9 Å². The lowest BCUT2D eigenvalue weighted by Crippen LogP contribution is -2.50. The number of piperazine rings is 1. The maximum absolute atomic E-state index is 4.35. The maximum atomic E-state index is 4.35. The van der Waals surface area contributed by atoms with Crippen molar-refractivity contribution in [3.8, 4) is 0 Å². The van der Waals surface area contributed by atoms with E-state index < -0.39 is 0 Å². The van der Waals surface area contributed by atoms with Crippen LogP contribution in [-0.2, 0) is 7.05 Å². The monoisotopic (exact) mass is 180 g/mol. The van der Waals surface area contributed by atoms with Gasteiger partial charge in [0, 0.05) is 45.1 Å². The van der Waals surface area contributed by atoms with Gasteiger partial charge in [0.05, 0.1) is 0 Å². The molecule has 0 bridgehead atoms. The van der Waals surface area contributed by atoms with Crippen molar-refractivity contribution in [3.63, 3.8) is 0 Å². The first-order chi connectivity index (χ1) is 6.29. The summed E-state index contributed by atoms with van der Waals surface area (Å²) in [7, 11) is 2.04. The standard InChI is InChI=1S/C9H16N4/c1-8-7-10-3-6-13(8)9-11-4-5-12(9)2/h4-5,8,10H,3,6-7H2,1-2H3. The van der Waals surface area contributed by atoms with E-state index in [0.717, 1.165) is 25.6 Å². The van der Waals surface area contributed by atoms with E-state index in [9.17, 15) is 0 Å². The molecule has 0 aliphatic carbocycles. The summed E-state index contributed by atoms with van der Waals surface area (Å²) in [5.74, 6) is 1.08. The summed E-state index contributed by atoms with van der Waals surface area (Å²) in [5.41, 5.74) is 0. The number of rotatable bonds is 1. The fourth-order valence-electron chi connectivity index (χ4n) is 1.77. The smallest absolute Gasteiger partial charge is 0.205 e. The van der Waals surface area contributed by atoms with E-state index in [1.807, 2.05) is 19.4 Å². The number of hydrogen-bond donors (Lipinski definition) is 1. The van der Waals surface area contributed by atoms with Gasteiger partial charge in [-0.3, -0.25) is 0 Å². The van der Waals surface area contributed by atoms with E-state index in [2.05, 4.69) is 26.7 Å². The number of nitrogens with one attached hydrogen (secondary N) is 1. The van der Waals surface area contributed by atoms with E-state index in [0.29, 0.717) is 6.04 Å². The minimum atomic E-state index is 0.537. The van der Waals surface area contributed by atoms with Gasteiger partial charge in [0.15, 0.2) is 0 Å². The topological polar surface area (TPSA) is 33.1 Å². The Morgan fingerprint density at radius 2 is 2.46 bits per heavy atom. The zero-order valence-electron chi connectivity index (χ0n) is 8.20. The highest BCUT2D eigenvalue weighted by molar-refractivity contribution is 5.33. The van der Waals surface area contributed by atoms with E-state index in [1.165, 1.54) is 0 Å². The third-order valence-electron chi connectivity index (χ3n) is 2.55. The first-order valence-electron chi connectivity index (χ1n) is 4.73. The summed E-state index contributed by atoms with van der Waals surface area (Å²) < 4.78 is 2.07. The van der Waals surface area contributed by atoms with Crippen molar-refractivity contribution in [2.24, 2.45) is 7.05 Å². The molecule has 1 aliphatic heterocycles. The summed E-state index contributed by atoms with van der Waals surface area (Å²) in [6.07, 6.45) is 3.84. The Morgan fingerprint density at radius 3 is 3.08 bits per heavy atom. The molecule has 1 N–H and O–H groups in total. The first kappa shape index (κ1) is 8.56. The summed E-state index contributed by atoms with van der Waals surface area (Å²) in [4.78, 5) is 6.69. The fourth-order valence-corrected chi connectivity index (χ4v) is 1.77. The zero-order chi connectivity index (χ0) is 9.26. The number of anilines is 1. The molecule has 0 saturated carbocycles. The highest BCUT2D eigenvalue weighted by atomic mass is 15.3. The molecule has 72 valence electrons. The third kappa shape index (κ3) is 1.54. The second-order valence-electron chi connectivity index (χ2n) is 3.58. The summed E-state index contributed by atoms with van der Waals surface area (Å²) >= 11 is 0. The van der Waals surface area contributed by atoms with Crippen LogP contribution in [0.4, 0.5) is 5.95 Å². The number of nitrogens with zero attached hydrogens (tertiary/aromatic N) is 3. The van der Waals surface area contributed by atoms with E-state index in [1.54, 1.807) is 0 Å². The minimum Gasteiger partial charge on any atom is -0.337 e. The molecular formula is C9H16N4. The molecule has 0 radical (unpaired) electrons. The van der Waals surface area contributed by atoms with Crippen molar-refractivity contribution in [2.45, 2.75) is 13.0 Å². The van der Waals surface area contributed by atoms with Gasteiger partial charge in [-0.05, 0) is 6.92 Å². The maximum Gasteiger partial charge on any atom is 0.205 e. The average molecular weight is 180 g/mol. The van der Waals surface area contributed by atoms with Gasteiger partial charge in [-0.15, -0.1) is 0 Å². The first-order valence-corrected chi connectivity index (χ1v) is 4.73. The molecule has 1 fully saturated rings. The van der Waals surface area contributed by atoms with E-state index >= 15 is 0 Å². The molecule has 1 saturated heterocycles. The molecule has 0 aromatic carbocycles. The SMILES string of the molecule is CC1CNCCN1c1nccn1C. The Kier molecular flexibility index (Phi) is 2.22. The molecule has 1 unspecified atom stereocenters. The lowest BCUT2D eigenvalue weighted by atomic mass is 10.2. The second kappa shape index (κ2) is 3.38. The highest BCUT2D eigenvalue weighted by Gasteiger charge is 2.20. The van der Waals surface area contributed by atoms with Crippen molar-refractivity contribution in [3.05, 3.63) is 12.4 Å². The summed E-state index contributed by atoms with van der Waals surface area (Å²) in [6, 6.07) is 0.537. The Morgan fingerprint density at radius 1 is 1.62 bits per heavy atom. The van der Waals surface area contributed by atoms with Gasteiger partial charge in [0.25, 0.3) is 0 Å². The van der Waals surface area contributed by atoms with E-state index in [4.69, 9.17) is 0 Å². The average Bonchev–Trinajstić information content (AvgIpc) is 2.52. The minimum absolute atomic E-state index is 0.537. The molecule has 4 nitrogen and oxygen atoms in total. The largest absolute Gasteiger partial charge is 0.337 e. The number of hydrogen-bond acceptors (Lipinski definition) is 3. The second-order valence-corrected chi connectivity index (χ2v) is 3.58. The van der Waals surface area contributed by atoms with Crippen molar-refractivity contribution in [2.75, 3.05) is 24.5 Å². The lowest BCUT2D eigenvalue weighted by Gasteiger charge is -2.34. The number of aryl methyl sites for hydroxylation is 1. The van der Waals surface area contributed by atoms with Crippen LogP contribution in [0.5, 0.6) is 0 Å². The molecule has 13 heavy (non-hydrogen) atoms. The molecule has 1 aromatic heterocycles. The van der Waals surface area contributed by atoms with Gasteiger partial charge in [0.1, 0.15) is 0 Å². The van der Waals surface area contributed by atoms with Gasteiger partial charge in [-0.1, -0.05) is 0 Å². The van der Waals surface area contributed by atoms with Gasteiger partial charge < -0.3 is 14.8 Å². The Bertz CT molecular complexity index is 281. The molecule has 1 atom stereocenters. The Balaban J connectivity index is 2.19. The van der Waals surface area contributed by atoms with Crippen LogP contribution in [-0.4, -0.2) is 35.2 Å². The molecule has 0 spiro atoms. The molecule has 0 amide bonds. The van der Waals surface area contributed by atoms with Crippen LogP contribution in [0.25, 0.3) is 0 Å². The van der Waals surface area contributed by atoms with Gasteiger partial charge in [-0.25, -0.2) is 4.98 Å². The molecule has 2 rings (SSSR count).